The Morgan fingerprint density at radius 2 is 2.00 bits per heavy atom. The highest BCUT2D eigenvalue weighted by Gasteiger charge is 2.23. The molecule has 1 heterocycles. The van der Waals surface area contributed by atoms with Gasteiger partial charge >= 0.3 is 0 Å². The van der Waals surface area contributed by atoms with E-state index in [9.17, 15) is 9.50 Å². The molecule has 3 rings (SSSR count). The molecular weight excluding hydrogens is 269 g/mol. The van der Waals surface area contributed by atoms with Crippen molar-refractivity contribution in [3.8, 4) is 5.75 Å². The monoisotopic (exact) mass is 287 g/mol. The van der Waals surface area contributed by atoms with E-state index in [1.807, 2.05) is 29.2 Å². The van der Waals surface area contributed by atoms with Crippen molar-refractivity contribution in [1.29, 1.82) is 0 Å². The van der Waals surface area contributed by atoms with Crippen molar-refractivity contribution in [2.24, 2.45) is 0 Å². The van der Waals surface area contributed by atoms with Gasteiger partial charge in [-0.2, -0.15) is 0 Å². The number of nitrogens with zero attached hydrogens (tertiary/aromatic N) is 1. The third kappa shape index (κ3) is 2.59. The van der Waals surface area contributed by atoms with Crippen LogP contribution in [0, 0.1) is 5.82 Å². The van der Waals surface area contributed by atoms with Gasteiger partial charge in [0, 0.05) is 12.1 Å². The molecule has 0 saturated heterocycles. The molecule has 0 amide bonds. The first-order valence-electron chi connectivity index (χ1n) is 7.14. The predicted octanol–water partition coefficient (Wildman–Crippen LogP) is 3.80. The molecule has 0 saturated carbocycles. The molecule has 1 N–H and O–H groups in total. The Hall–Kier alpha value is -2.07. The summed E-state index contributed by atoms with van der Waals surface area (Å²) >= 11 is 0. The minimum Gasteiger partial charge on any atom is -0.491 e. The van der Waals surface area contributed by atoms with E-state index in [4.69, 9.17) is 4.74 Å². The van der Waals surface area contributed by atoms with Crippen molar-refractivity contribution in [2.75, 3.05) is 18.1 Å². The number of anilines is 2. The van der Waals surface area contributed by atoms with E-state index in [0.717, 1.165) is 17.9 Å². The molecule has 2 aromatic rings. The van der Waals surface area contributed by atoms with Gasteiger partial charge in [0.1, 0.15) is 11.6 Å². The highest BCUT2D eigenvalue weighted by atomic mass is 19.1. The lowest BCUT2D eigenvalue weighted by Crippen LogP contribution is -2.21. The zero-order valence-electron chi connectivity index (χ0n) is 11.9. The third-order valence-corrected chi connectivity index (χ3v) is 3.68. The van der Waals surface area contributed by atoms with Crippen molar-refractivity contribution < 1.29 is 14.2 Å². The molecule has 4 heteroatoms. The Morgan fingerprint density at radius 3 is 2.81 bits per heavy atom. The second-order valence-corrected chi connectivity index (χ2v) is 5.18. The van der Waals surface area contributed by atoms with Gasteiger partial charge in [0.2, 0.25) is 0 Å². The average Bonchev–Trinajstić information content (AvgIpc) is 2.69. The summed E-state index contributed by atoms with van der Waals surface area (Å²) in [5.41, 5.74) is 1.86. The van der Waals surface area contributed by atoms with E-state index in [1.54, 1.807) is 19.1 Å². The summed E-state index contributed by atoms with van der Waals surface area (Å²) in [7, 11) is 0. The summed E-state index contributed by atoms with van der Waals surface area (Å²) in [6, 6.07) is 12.4. The summed E-state index contributed by atoms with van der Waals surface area (Å²) in [6.45, 7) is 2.90. The number of benzene rings is 2. The van der Waals surface area contributed by atoms with Gasteiger partial charge in [-0.25, -0.2) is 4.39 Å². The van der Waals surface area contributed by atoms with Gasteiger partial charge in [0.05, 0.1) is 24.1 Å². The lowest BCUT2D eigenvalue weighted by molar-refractivity contribution is 0.199. The van der Waals surface area contributed by atoms with Crippen LogP contribution in [0.1, 0.15) is 25.0 Å². The molecule has 1 atom stereocenters. The van der Waals surface area contributed by atoms with Crippen LogP contribution in [0.3, 0.4) is 0 Å². The molecule has 0 aromatic heterocycles. The molecule has 110 valence electrons. The number of aliphatic hydroxyl groups excluding tert-OH is 1. The normalized spacial score (nSPS) is 15.9. The number of ether oxygens (including phenoxy) is 1. The first kappa shape index (κ1) is 13.9. The Balaban J connectivity index is 2.17. The van der Waals surface area contributed by atoms with Crippen molar-refractivity contribution in [3.63, 3.8) is 0 Å². The third-order valence-electron chi connectivity index (χ3n) is 3.68. The van der Waals surface area contributed by atoms with Crippen molar-refractivity contribution >= 4 is 11.4 Å². The lowest BCUT2D eigenvalue weighted by Gasteiger charge is -2.27. The molecule has 0 bridgehead atoms. The summed E-state index contributed by atoms with van der Waals surface area (Å²) in [6.07, 6.45) is 0.0643. The van der Waals surface area contributed by atoms with Gasteiger partial charge in [0.25, 0.3) is 0 Å². The van der Waals surface area contributed by atoms with Crippen molar-refractivity contribution in [1.82, 2.24) is 0 Å². The molecule has 0 aliphatic carbocycles. The molecule has 1 aliphatic rings. The summed E-state index contributed by atoms with van der Waals surface area (Å²) in [5, 5.41) is 9.95. The Labute approximate surface area is 123 Å². The van der Waals surface area contributed by atoms with Crippen LogP contribution in [0.4, 0.5) is 15.8 Å². The number of aliphatic hydroxyl groups is 1. The Morgan fingerprint density at radius 1 is 1.19 bits per heavy atom. The van der Waals surface area contributed by atoms with Gasteiger partial charge in [-0.05, 0) is 31.5 Å². The highest BCUT2D eigenvalue weighted by Crippen LogP contribution is 2.40. The average molecular weight is 287 g/mol. The minimum atomic E-state index is -0.730. The number of para-hydroxylation sites is 3. The van der Waals surface area contributed by atoms with E-state index in [2.05, 4.69) is 0 Å². The summed E-state index contributed by atoms with van der Waals surface area (Å²) in [5.74, 6) is 0.417. The van der Waals surface area contributed by atoms with Crippen LogP contribution in [-0.4, -0.2) is 18.3 Å². The second-order valence-electron chi connectivity index (χ2n) is 5.18. The van der Waals surface area contributed by atoms with Crippen LogP contribution in [0.15, 0.2) is 42.5 Å². The SMILES string of the molecule is C[C@H](O)c1cccc(F)c1N1CCCOc2ccccc21. The van der Waals surface area contributed by atoms with E-state index >= 15 is 0 Å². The Bertz CT molecular complexity index is 642. The molecule has 0 radical (unpaired) electrons. The maximum absolute atomic E-state index is 14.4. The Kier molecular flexibility index (Phi) is 3.80. The fraction of sp³-hybridized carbons (Fsp3) is 0.294. The van der Waals surface area contributed by atoms with E-state index < -0.39 is 6.10 Å². The zero-order chi connectivity index (χ0) is 14.8. The zero-order valence-corrected chi connectivity index (χ0v) is 11.9. The van der Waals surface area contributed by atoms with Crippen LogP contribution in [-0.2, 0) is 0 Å². The van der Waals surface area contributed by atoms with Crippen LogP contribution >= 0.6 is 0 Å². The molecule has 0 fully saturated rings. The quantitative estimate of drug-likeness (QED) is 0.912. The number of rotatable bonds is 2. The largest absolute Gasteiger partial charge is 0.491 e. The van der Waals surface area contributed by atoms with Gasteiger partial charge in [-0.15, -0.1) is 0 Å². The fourth-order valence-electron chi connectivity index (χ4n) is 2.71. The maximum atomic E-state index is 14.4. The van der Waals surface area contributed by atoms with Crippen LogP contribution in [0.25, 0.3) is 0 Å². The summed E-state index contributed by atoms with van der Waals surface area (Å²) < 4.78 is 20.1. The van der Waals surface area contributed by atoms with Crippen molar-refractivity contribution in [2.45, 2.75) is 19.4 Å². The molecule has 0 spiro atoms. The summed E-state index contributed by atoms with van der Waals surface area (Å²) in [4.78, 5) is 1.90. The first-order chi connectivity index (χ1) is 10.2. The van der Waals surface area contributed by atoms with E-state index in [-0.39, 0.29) is 5.82 Å². The van der Waals surface area contributed by atoms with Crippen molar-refractivity contribution in [3.05, 3.63) is 53.8 Å². The molecular formula is C17H18FNO2. The van der Waals surface area contributed by atoms with Gasteiger partial charge in [-0.1, -0.05) is 24.3 Å². The highest BCUT2D eigenvalue weighted by molar-refractivity contribution is 5.72. The number of hydrogen-bond donors (Lipinski definition) is 1. The molecule has 2 aromatic carbocycles. The predicted molar refractivity (Wildman–Crippen MR) is 80.6 cm³/mol. The molecule has 21 heavy (non-hydrogen) atoms. The standard InChI is InChI=1S/C17H18FNO2/c1-12(20)13-6-4-7-14(18)17(13)19-10-5-11-21-16-9-3-2-8-15(16)19/h2-4,6-9,12,20H,5,10-11H2,1H3/t12-/m0/s1. The number of halogens is 1. The van der Waals surface area contributed by atoms with E-state index in [0.29, 0.717) is 24.4 Å². The first-order valence-corrected chi connectivity index (χ1v) is 7.14. The van der Waals surface area contributed by atoms with Crippen LogP contribution < -0.4 is 9.64 Å². The second kappa shape index (κ2) is 5.74. The van der Waals surface area contributed by atoms with Gasteiger partial charge in [0.15, 0.2) is 0 Å². The number of hydrogen-bond acceptors (Lipinski definition) is 3. The molecule has 0 unspecified atom stereocenters. The topological polar surface area (TPSA) is 32.7 Å². The smallest absolute Gasteiger partial charge is 0.147 e. The van der Waals surface area contributed by atoms with Crippen LogP contribution in [0.5, 0.6) is 5.75 Å². The van der Waals surface area contributed by atoms with Crippen LogP contribution in [0.2, 0.25) is 0 Å². The lowest BCUT2D eigenvalue weighted by atomic mass is 10.1. The van der Waals surface area contributed by atoms with E-state index in [1.165, 1.54) is 6.07 Å². The molecule has 3 nitrogen and oxygen atoms in total. The molecule has 1 aliphatic heterocycles. The van der Waals surface area contributed by atoms with Gasteiger partial charge in [-0.3, -0.25) is 0 Å². The minimum absolute atomic E-state index is 0.329. The fourth-order valence-corrected chi connectivity index (χ4v) is 2.71. The van der Waals surface area contributed by atoms with Gasteiger partial charge < -0.3 is 14.7 Å². The number of fused-ring (bicyclic) bond motifs is 1. The maximum Gasteiger partial charge on any atom is 0.147 e.